The molecule has 1 heterocycles. The lowest BCUT2D eigenvalue weighted by atomic mass is 9.88. The first-order chi connectivity index (χ1) is 8.37. The molecule has 0 aliphatic heterocycles. The number of aromatic nitrogens is 2. The van der Waals surface area contributed by atoms with Crippen LogP contribution in [0, 0.1) is 5.92 Å². The molecule has 0 amide bonds. The Balaban J connectivity index is 2.42. The highest BCUT2D eigenvalue weighted by atomic mass is 19.1. The number of H-pyrrole nitrogens is 1. The minimum Gasteiger partial charge on any atom is -0.396 e. The topological polar surface area (TPSA) is 112 Å². The second-order valence-corrected chi connectivity index (χ2v) is 4.88. The van der Waals surface area contributed by atoms with Gasteiger partial charge in [0.2, 0.25) is 0 Å². The van der Waals surface area contributed by atoms with E-state index in [0.29, 0.717) is 0 Å². The van der Waals surface area contributed by atoms with Crippen molar-refractivity contribution < 1.29 is 14.6 Å². The monoisotopic (exact) mass is 257 g/mol. The van der Waals surface area contributed by atoms with Crippen molar-refractivity contribution in [1.82, 2.24) is 9.97 Å². The van der Waals surface area contributed by atoms with Gasteiger partial charge in [-0.25, -0.2) is 9.37 Å². The molecule has 0 radical (unpaired) electrons. The number of halogens is 1. The molecule has 0 unspecified atom stereocenters. The summed E-state index contributed by atoms with van der Waals surface area (Å²) >= 11 is 0. The van der Waals surface area contributed by atoms with E-state index in [9.17, 15) is 14.3 Å². The molecule has 18 heavy (non-hydrogen) atoms. The number of nitrogens with two attached hydrogens (primary N) is 1. The van der Waals surface area contributed by atoms with Crippen LogP contribution >= 0.6 is 0 Å². The van der Waals surface area contributed by atoms with Crippen molar-refractivity contribution in [3.8, 4) is 0 Å². The number of hydrogen-bond donors (Lipinski definition) is 4. The van der Waals surface area contributed by atoms with Crippen molar-refractivity contribution in [3.63, 3.8) is 0 Å². The Morgan fingerprint density at radius 2 is 2.39 bits per heavy atom. The Morgan fingerprint density at radius 1 is 1.72 bits per heavy atom. The van der Waals surface area contributed by atoms with Crippen LogP contribution in [-0.4, -0.2) is 38.6 Å². The summed E-state index contributed by atoms with van der Waals surface area (Å²) in [5.74, 6) is -1.43. The molecule has 100 valence electrons. The fraction of sp³-hybridized carbons (Fsp3) is 0.636. The van der Waals surface area contributed by atoms with Crippen LogP contribution < -0.4 is 11.3 Å². The Hall–Kier alpha value is -1.47. The molecule has 6 nitrogen and oxygen atoms in total. The molecule has 1 saturated carbocycles. The number of nitrogens with one attached hydrogen (secondary N) is 1. The van der Waals surface area contributed by atoms with E-state index in [-0.39, 0.29) is 24.5 Å². The van der Waals surface area contributed by atoms with E-state index in [2.05, 4.69) is 9.97 Å². The van der Waals surface area contributed by atoms with Crippen LogP contribution in [0.3, 0.4) is 0 Å². The van der Waals surface area contributed by atoms with Gasteiger partial charge in [0.1, 0.15) is 5.67 Å². The largest absolute Gasteiger partial charge is 0.396 e. The van der Waals surface area contributed by atoms with Gasteiger partial charge in [0.05, 0.1) is 6.10 Å². The number of nitrogens with zero attached hydrogens (tertiary/aromatic N) is 1. The van der Waals surface area contributed by atoms with Gasteiger partial charge in [-0.15, -0.1) is 0 Å². The van der Waals surface area contributed by atoms with E-state index in [0.717, 1.165) is 0 Å². The third-order valence-corrected chi connectivity index (χ3v) is 3.70. The van der Waals surface area contributed by atoms with Crippen LogP contribution in [-0.2, 0) is 0 Å². The summed E-state index contributed by atoms with van der Waals surface area (Å²) < 4.78 is 14.5. The minimum absolute atomic E-state index is 0.0402. The van der Waals surface area contributed by atoms with E-state index in [1.807, 2.05) is 0 Å². The molecule has 2 rings (SSSR count). The fourth-order valence-corrected chi connectivity index (χ4v) is 2.60. The van der Waals surface area contributed by atoms with Gasteiger partial charge < -0.3 is 15.9 Å². The highest BCUT2D eigenvalue weighted by Gasteiger charge is 2.53. The quantitative estimate of drug-likeness (QED) is 0.572. The maximum Gasteiger partial charge on any atom is 0.255 e. The van der Waals surface area contributed by atoms with Gasteiger partial charge in [0.25, 0.3) is 5.56 Å². The molecule has 0 aromatic carbocycles. The number of anilines is 1. The summed E-state index contributed by atoms with van der Waals surface area (Å²) in [6.45, 7) is 0.908. The minimum atomic E-state index is -1.97. The van der Waals surface area contributed by atoms with Crippen molar-refractivity contribution >= 4 is 5.95 Å². The molecule has 5 N–H and O–H groups in total. The molecule has 0 spiro atoms. The second-order valence-electron chi connectivity index (χ2n) is 4.88. The summed E-state index contributed by atoms with van der Waals surface area (Å²) in [5.41, 5.74) is 2.98. The summed E-state index contributed by atoms with van der Waals surface area (Å²) in [5, 5.41) is 18.9. The van der Waals surface area contributed by atoms with Gasteiger partial charge in [-0.05, 0) is 13.3 Å². The maximum absolute atomic E-state index is 14.5. The summed E-state index contributed by atoms with van der Waals surface area (Å²) in [4.78, 5) is 17.8. The number of aliphatic hydroxyl groups excluding tert-OH is 2. The average Bonchev–Trinajstić information content (AvgIpc) is 2.52. The molecule has 7 heteroatoms. The van der Waals surface area contributed by atoms with E-state index in [1.165, 1.54) is 13.1 Å². The lowest BCUT2D eigenvalue weighted by molar-refractivity contribution is -0.0123. The zero-order valence-corrected chi connectivity index (χ0v) is 9.93. The highest BCUT2D eigenvalue weighted by molar-refractivity contribution is 5.25. The number of aliphatic hydroxyl groups is 2. The normalized spacial score (nSPS) is 35.9. The van der Waals surface area contributed by atoms with E-state index in [1.54, 1.807) is 0 Å². The number of rotatable bonds is 2. The van der Waals surface area contributed by atoms with Crippen LogP contribution in [0.2, 0.25) is 0 Å². The Labute approximate surface area is 103 Å². The van der Waals surface area contributed by atoms with Gasteiger partial charge in [0.15, 0.2) is 5.95 Å². The average molecular weight is 257 g/mol. The lowest BCUT2D eigenvalue weighted by Crippen LogP contribution is -2.38. The second kappa shape index (κ2) is 4.33. The summed E-state index contributed by atoms with van der Waals surface area (Å²) in [6, 6.07) is 0. The summed E-state index contributed by atoms with van der Waals surface area (Å²) in [7, 11) is 0. The third-order valence-electron chi connectivity index (χ3n) is 3.70. The van der Waals surface area contributed by atoms with Crippen molar-refractivity contribution in [3.05, 3.63) is 22.1 Å². The van der Waals surface area contributed by atoms with Crippen LogP contribution in [0.5, 0.6) is 0 Å². The first-order valence-corrected chi connectivity index (χ1v) is 5.70. The molecule has 1 aliphatic rings. The third kappa shape index (κ3) is 1.89. The van der Waals surface area contributed by atoms with Crippen LogP contribution in [0.25, 0.3) is 0 Å². The Morgan fingerprint density at radius 3 is 2.89 bits per heavy atom. The standard InChI is InChI=1S/C11H16FN3O3/c1-11(12)7(2-5(4-16)8(11)17)6-3-14-10(13)15-9(6)18/h3,5,7-8,16-17H,2,4H2,1H3,(H3,13,14,15,18)/t5-,7+,8-,11+/m1/s1. The van der Waals surface area contributed by atoms with Crippen LogP contribution in [0.15, 0.2) is 11.0 Å². The smallest absolute Gasteiger partial charge is 0.255 e. The number of aromatic amines is 1. The zero-order valence-electron chi connectivity index (χ0n) is 9.93. The predicted octanol–water partition coefficient (Wildman–Crippen LogP) is -0.463. The maximum atomic E-state index is 14.5. The van der Waals surface area contributed by atoms with Crippen molar-refractivity contribution in [2.24, 2.45) is 5.92 Å². The predicted molar refractivity (Wildman–Crippen MR) is 62.7 cm³/mol. The Kier molecular flexibility index (Phi) is 3.12. The van der Waals surface area contributed by atoms with E-state index in [4.69, 9.17) is 10.8 Å². The van der Waals surface area contributed by atoms with Gasteiger partial charge in [-0.3, -0.25) is 9.78 Å². The van der Waals surface area contributed by atoms with Gasteiger partial charge in [0, 0.05) is 30.2 Å². The Bertz CT molecular complexity index is 503. The van der Waals surface area contributed by atoms with Crippen molar-refractivity contribution in [1.29, 1.82) is 0 Å². The van der Waals surface area contributed by atoms with E-state index >= 15 is 0 Å². The highest BCUT2D eigenvalue weighted by Crippen LogP contribution is 2.47. The van der Waals surface area contributed by atoms with E-state index < -0.39 is 29.2 Å². The molecule has 0 bridgehead atoms. The zero-order chi connectivity index (χ0) is 13.5. The first kappa shape index (κ1) is 13.0. The fourth-order valence-electron chi connectivity index (χ4n) is 2.60. The van der Waals surface area contributed by atoms with Gasteiger partial charge in [-0.2, -0.15) is 0 Å². The number of nitrogen functional groups attached to an aromatic ring is 1. The summed E-state index contributed by atoms with van der Waals surface area (Å²) in [6.07, 6.45) is 0.118. The van der Waals surface area contributed by atoms with Gasteiger partial charge in [-0.1, -0.05) is 0 Å². The number of hydrogen-bond acceptors (Lipinski definition) is 5. The first-order valence-electron chi connectivity index (χ1n) is 5.70. The molecule has 0 saturated heterocycles. The molecule has 1 aromatic heterocycles. The lowest BCUT2D eigenvalue weighted by Gasteiger charge is -2.25. The molecule has 4 atom stereocenters. The molecular formula is C11H16FN3O3. The van der Waals surface area contributed by atoms with Crippen molar-refractivity contribution in [2.45, 2.75) is 31.0 Å². The van der Waals surface area contributed by atoms with Crippen LogP contribution in [0.4, 0.5) is 10.3 Å². The molecular weight excluding hydrogens is 241 g/mol. The van der Waals surface area contributed by atoms with Gasteiger partial charge >= 0.3 is 0 Å². The number of alkyl halides is 1. The molecule has 1 aliphatic carbocycles. The molecule has 1 aromatic rings. The van der Waals surface area contributed by atoms with Crippen molar-refractivity contribution in [2.75, 3.05) is 12.3 Å². The molecule has 1 fully saturated rings. The SMILES string of the molecule is C[C@@]1(F)[C@H](O)[C@@H](CO)C[C@H]1c1cnc(N)[nH]c1=O. The van der Waals surface area contributed by atoms with Crippen LogP contribution in [0.1, 0.15) is 24.8 Å².